The zero-order valence-electron chi connectivity index (χ0n) is 11.1. The van der Waals surface area contributed by atoms with Crippen LogP contribution in [0.5, 0.6) is 0 Å². The highest BCUT2D eigenvalue weighted by atomic mass is 32.2. The highest BCUT2D eigenvalue weighted by Gasteiger charge is 2.10. The quantitative estimate of drug-likeness (QED) is 0.461. The molecule has 0 spiro atoms. The van der Waals surface area contributed by atoms with Crippen molar-refractivity contribution in [1.29, 1.82) is 0 Å². The van der Waals surface area contributed by atoms with Gasteiger partial charge in [-0.15, -0.1) is 0 Å². The van der Waals surface area contributed by atoms with Crippen LogP contribution in [0.15, 0.2) is 0 Å². The Labute approximate surface area is 119 Å². The van der Waals surface area contributed by atoms with E-state index in [9.17, 15) is 13.8 Å². The zero-order valence-corrected chi connectivity index (χ0v) is 12.7. The smallest absolute Gasteiger partial charge is 0.320 e. The number of hydrogen-bond donors (Lipinski definition) is 4. The molecular weight excluding hydrogens is 292 g/mol. The van der Waals surface area contributed by atoms with Crippen molar-refractivity contribution >= 4 is 34.5 Å². The van der Waals surface area contributed by atoms with Gasteiger partial charge in [-0.25, -0.2) is 0 Å². The maximum atomic E-state index is 10.4. The summed E-state index contributed by atoms with van der Waals surface area (Å²) in [6.07, 6.45) is 4.28. The molecule has 0 aromatic rings. The Morgan fingerprint density at radius 2 is 1.58 bits per heavy atom. The Balaban J connectivity index is 0. The van der Waals surface area contributed by atoms with E-state index in [0.717, 1.165) is 5.75 Å². The van der Waals surface area contributed by atoms with Crippen molar-refractivity contribution in [3.05, 3.63) is 0 Å². The van der Waals surface area contributed by atoms with Crippen LogP contribution < -0.4 is 11.5 Å². The lowest BCUT2D eigenvalue weighted by molar-refractivity contribution is -0.139. The summed E-state index contributed by atoms with van der Waals surface area (Å²) >= 11 is 1.60. The second kappa shape index (κ2) is 12.4. The van der Waals surface area contributed by atoms with E-state index in [1.54, 1.807) is 11.8 Å². The monoisotopic (exact) mass is 314 g/mol. The van der Waals surface area contributed by atoms with Gasteiger partial charge in [0.2, 0.25) is 0 Å². The van der Waals surface area contributed by atoms with Gasteiger partial charge in [0.15, 0.2) is 0 Å². The first-order valence-electron chi connectivity index (χ1n) is 5.48. The van der Waals surface area contributed by atoms with E-state index in [-0.39, 0.29) is 6.42 Å². The maximum absolute atomic E-state index is 10.4. The average Bonchev–Trinajstić information content (AvgIpc) is 2.33. The molecule has 0 bridgehead atoms. The summed E-state index contributed by atoms with van der Waals surface area (Å²) in [5.74, 6) is -0.782. The van der Waals surface area contributed by atoms with Crippen molar-refractivity contribution in [3.8, 4) is 0 Å². The topological polar surface area (TPSA) is 144 Å². The number of carboxylic acids is 2. The third-order valence-electron chi connectivity index (χ3n) is 1.98. The van der Waals surface area contributed by atoms with Crippen molar-refractivity contribution in [2.45, 2.75) is 24.9 Å². The van der Waals surface area contributed by atoms with Gasteiger partial charge in [-0.2, -0.15) is 11.8 Å². The van der Waals surface area contributed by atoms with Gasteiger partial charge < -0.3 is 21.7 Å². The van der Waals surface area contributed by atoms with Crippen molar-refractivity contribution < 1.29 is 24.0 Å². The van der Waals surface area contributed by atoms with E-state index in [1.807, 2.05) is 6.26 Å². The standard InChI is InChI=1S/C5H11NO3S.C5H11NO2S/c1-10(9)3-2-4(6)5(7)8;1-9-3-2-4(6)5(7)8/h4H,2-3,6H2,1H3,(H,7,8);4H,2-3,6H2,1H3,(H,7,8)/t4-,10?;/m0./s1. The second-order valence-corrected chi connectivity index (χ2v) is 6.28. The fourth-order valence-electron chi connectivity index (χ4n) is 0.785. The molecule has 0 rings (SSSR count). The van der Waals surface area contributed by atoms with Crippen LogP contribution in [0.3, 0.4) is 0 Å². The molecule has 2 unspecified atom stereocenters. The number of thioether (sulfide) groups is 1. The molecule has 0 fully saturated rings. The van der Waals surface area contributed by atoms with Gasteiger partial charge >= 0.3 is 11.9 Å². The molecule has 0 saturated carbocycles. The molecule has 0 amide bonds. The summed E-state index contributed by atoms with van der Waals surface area (Å²) in [6, 6.07) is -1.55. The number of rotatable bonds is 8. The minimum Gasteiger partial charge on any atom is -0.480 e. The Hall–Kier alpha value is -0.640. The van der Waals surface area contributed by atoms with Crippen LogP contribution >= 0.6 is 11.8 Å². The third kappa shape index (κ3) is 15.3. The second-order valence-electron chi connectivity index (χ2n) is 3.74. The molecule has 0 heterocycles. The summed E-state index contributed by atoms with van der Waals surface area (Å²) < 4.78 is 10.4. The normalized spacial score (nSPS) is 14.7. The van der Waals surface area contributed by atoms with Crippen LogP contribution in [0.25, 0.3) is 0 Å². The number of carbonyl (C=O) groups is 2. The highest BCUT2D eigenvalue weighted by molar-refractivity contribution is 7.98. The third-order valence-corrected chi connectivity index (χ3v) is 3.44. The summed E-state index contributed by atoms with van der Waals surface area (Å²) in [6.45, 7) is 0. The molecule has 0 saturated heterocycles. The Morgan fingerprint density at radius 3 is 1.89 bits per heavy atom. The molecule has 3 atom stereocenters. The van der Waals surface area contributed by atoms with Crippen molar-refractivity contribution in [3.63, 3.8) is 0 Å². The Morgan fingerprint density at radius 1 is 1.16 bits per heavy atom. The lowest BCUT2D eigenvalue weighted by Crippen LogP contribution is -2.31. The summed E-state index contributed by atoms with van der Waals surface area (Å²) in [7, 11) is -0.946. The molecule has 7 nitrogen and oxygen atoms in total. The van der Waals surface area contributed by atoms with E-state index in [2.05, 4.69) is 0 Å². The van der Waals surface area contributed by atoms with E-state index < -0.39 is 34.8 Å². The first kappa shape index (κ1) is 20.7. The van der Waals surface area contributed by atoms with Crippen LogP contribution in [0.2, 0.25) is 0 Å². The lowest BCUT2D eigenvalue weighted by Gasteiger charge is -2.02. The van der Waals surface area contributed by atoms with E-state index >= 15 is 0 Å². The van der Waals surface area contributed by atoms with Gasteiger partial charge in [0.25, 0.3) is 0 Å². The van der Waals surface area contributed by atoms with E-state index in [1.165, 1.54) is 6.26 Å². The van der Waals surface area contributed by atoms with E-state index in [4.69, 9.17) is 21.7 Å². The molecule has 0 aromatic carbocycles. The highest BCUT2D eigenvalue weighted by Crippen LogP contribution is 1.97. The molecule has 6 N–H and O–H groups in total. The molecule has 19 heavy (non-hydrogen) atoms. The molecule has 0 aliphatic rings. The van der Waals surface area contributed by atoms with Gasteiger partial charge in [0.1, 0.15) is 12.1 Å². The van der Waals surface area contributed by atoms with Crippen LogP contribution in [0.1, 0.15) is 12.8 Å². The van der Waals surface area contributed by atoms with Crippen molar-refractivity contribution in [2.75, 3.05) is 24.0 Å². The zero-order chi connectivity index (χ0) is 15.4. The first-order valence-corrected chi connectivity index (χ1v) is 8.60. The average molecular weight is 314 g/mol. The van der Waals surface area contributed by atoms with Gasteiger partial charge in [0, 0.05) is 22.8 Å². The lowest BCUT2D eigenvalue weighted by atomic mass is 10.2. The number of hydrogen-bond acceptors (Lipinski definition) is 6. The SMILES string of the molecule is CS(=O)CC[C@H](N)C(=O)O.CSCCC(N)C(=O)O. The van der Waals surface area contributed by atoms with Crippen LogP contribution in [0, 0.1) is 0 Å². The number of aliphatic carboxylic acids is 2. The van der Waals surface area contributed by atoms with E-state index in [0.29, 0.717) is 12.2 Å². The predicted octanol–water partition coefficient (Wildman–Crippen LogP) is -0.682. The number of carboxylic acid groups (broad SMARTS) is 2. The Kier molecular flexibility index (Phi) is 13.5. The molecule has 114 valence electrons. The molecule has 0 radical (unpaired) electrons. The molecule has 0 aliphatic heterocycles. The predicted molar refractivity (Wildman–Crippen MR) is 77.8 cm³/mol. The number of nitrogens with two attached hydrogens (primary N) is 2. The van der Waals surface area contributed by atoms with Crippen LogP contribution in [-0.2, 0) is 20.4 Å². The van der Waals surface area contributed by atoms with Gasteiger partial charge in [-0.1, -0.05) is 0 Å². The minimum atomic E-state index is -1.04. The van der Waals surface area contributed by atoms with Crippen molar-refractivity contribution in [1.82, 2.24) is 0 Å². The first-order chi connectivity index (χ1) is 8.72. The van der Waals surface area contributed by atoms with Gasteiger partial charge in [0.05, 0.1) is 0 Å². The van der Waals surface area contributed by atoms with Gasteiger partial charge in [-0.3, -0.25) is 13.8 Å². The molecular formula is C10H22N2O5S2. The molecule has 0 aliphatic carbocycles. The van der Waals surface area contributed by atoms with Crippen LogP contribution in [0.4, 0.5) is 0 Å². The summed E-state index contributed by atoms with van der Waals surface area (Å²) in [5.41, 5.74) is 10.3. The van der Waals surface area contributed by atoms with Crippen molar-refractivity contribution in [2.24, 2.45) is 11.5 Å². The molecule has 9 heteroatoms. The fraction of sp³-hybridized carbons (Fsp3) is 0.800. The fourth-order valence-corrected chi connectivity index (χ4v) is 1.86. The summed E-state index contributed by atoms with van der Waals surface area (Å²) in [4.78, 5) is 20.2. The Bertz CT molecular complexity index is 302. The minimum absolute atomic E-state index is 0.276. The summed E-state index contributed by atoms with van der Waals surface area (Å²) in [5, 5.41) is 16.5. The van der Waals surface area contributed by atoms with Crippen LogP contribution in [-0.4, -0.2) is 62.5 Å². The largest absolute Gasteiger partial charge is 0.480 e. The molecule has 0 aromatic heterocycles. The maximum Gasteiger partial charge on any atom is 0.320 e. The van der Waals surface area contributed by atoms with Gasteiger partial charge in [-0.05, 0) is 24.9 Å².